The van der Waals surface area contributed by atoms with Crippen molar-refractivity contribution in [2.24, 2.45) is 4.99 Å². The molecule has 0 bridgehead atoms. The molecule has 3 heterocycles. The van der Waals surface area contributed by atoms with Gasteiger partial charge in [-0.15, -0.1) is 0 Å². The summed E-state index contributed by atoms with van der Waals surface area (Å²) in [5.74, 6) is 2.02. The molecule has 28 heavy (non-hydrogen) atoms. The van der Waals surface area contributed by atoms with E-state index in [9.17, 15) is 0 Å². The zero-order chi connectivity index (χ0) is 19.4. The molecule has 0 atom stereocenters. The van der Waals surface area contributed by atoms with Gasteiger partial charge in [0.15, 0.2) is 5.96 Å². The van der Waals surface area contributed by atoms with Crippen LogP contribution in [0.4, 0.5) is 5.82 Å². The first kappa shape index (κ1) is 20.9. The van der Waals surface area contributed by atoms with Gasteiger partial charge in [-0.1, -0.05) is 19.3 Å². The van der Waals surface area contributed by atoms with E-state index < -0.39 is 0 Å². The van der Waals surface area contributed by atoms with E-state index in [-0.39, 0.29) is 0 Å². The number of anilines is 1. The zero-order valence-corrected chi connectivity index (χ0v) is 17.6. The molecule has 1 aromatic heterocycles. The standard InChI is InChI=1S/C22H38N6/c1-2-23-22(25-12-17-27-13-6-5-7-14-27)26-19-20-10-11-24-21(18-20)28-15-8-3-4-9-16-28/h10-11,18H,2-9,12-17,19H2,1H3,(H2,23,25,26). The van der Waals surface area contributed by atoms with Crippen molar-refractivity contribution in [3.05, 3.63) is 23.9 Å². The average Bonchev–Trinajstić information content (AvgIpc) is 3.03. The predicted molar refractivity (Wildman–Crippen MR) is 118 cm³/mol. The Morgan fingerprint density at radius 2 is 1.71 bits per heavy atom. The topological polar surface area (TPSA) is 55.8 Å². The fourth-order valence-corrected chi connectivity index (χ4v) is 4.06. The Kier molecular flexibility index (Phi) is 8.88. The van der Waals surface area contributed by atoms with E-state index in [1.54, 1.807) is 0 Å². The summed E-state index contributed by atoms with van der Waals surface area (Å²) in [6.07, 6.45) is 11.2. The van der Waals surface area contributed by atoms with Crippen molar-refractivity contribution in [2.45, 2.75) is 58.4 Å². The zero-order valence-electron chi connectivity index (χ0n) is 17.6. The molecule has 3 rings (SSSR count). The number of piperidine rings is 1. The lowest BCUT2D eigenvalue weighted by Gasteiger charge is -2.26. The maximum atomic E-state index is 4.80. The maximum absolute atomic E-state index is 4.80. The van der Waals surface area contributed by atoms with Crippen molar-refractivity contribution in [1.29, 1.82) is 0 Å². The summed E-state index contributed by atoms with van der Waals surface area (Å²) < 4.78 is 0. The van der Waals surface area contributed by atoms with Gasteiger partial charge in [0.05, 0.1) is 6.54 Å². The molecular weight excluding hydrogens is 348 g/mol. The summed E-state index contributed by atoms with van der Waals surface area (Å²) in [6, 6.07) is 4.30. The Morgan fingerprint density at radius 3 is 2.46 bits per heavy atom. The van der Waals surface area contributed by atoms with Gasteiger partial charge in [0.25, 0.3) is 0 Å². The molecule has 2 aliphatic rings. The summed E-state index contributed by atoms with van der Waals surface area (Å²) in [5, 5.41) is 6.87. The number of likely N-dealkylation sites (tertiary alicyclic amines) is 1. The summed E-state index contributed by atoms with van der Waals surface area (Å²) in [4.78, 5) is 14.4. The average molecular weight is 387 g/mol. The van der Waals surface area contributed by atoms with Crippen LogP contribution in [-0.2, 0) is 6.54 Å². The highest BCUT2D eigenvalue weighted by molar-refractivity contribution is 5.79. The van der Waals surface area contributed by atoms with Crippen LogP contribution in [0.2, 0.25) is 0 Å². The van der Waals surface area contributed by atoms with Gasteiger partial charge in [0, 0.05) is 38.9 Å². The number of rotatable bonds is 7. The Balaban J connectivity index is 1.52. The van der Waals surface area contributed by atoms with E-state index in [1.165, 1.54) is 63.6 Å². The predicted octanol–water partition coefficient (Wildman–Crippen LogP) is 3.00. The van der Waals surface area contributed by atoms with Crippen LogP contribution in [-0.4, -0.2) is 61.7 Å². The fraction of sp³-hybridized carbons (Fsp3) is 0.727. The van der Waals surface area contributed by atoms with Gasteiger partial charge in [-0.3, -0.25) is 0 Å². The van der Waals surface area contributed by atoms with Gasteiger partial charge in [0.1, 0.15) is 5.82 Å². The number of hydrogen-bond donors (Lipinski definition) is 2. The maximum Gasteiger partial charge on any atom is 0.191 e. The number of guanidine groups is 1. The van der Waals surface area contributed by atoms with Crippen molar-refractivity contribution in [2.75, 3.05) is 50.7 Å². The quantitative estimate of drug-likeness (QED) is 0.557. The Morgan fingerprint density at radius 1 is 1.00 bits per heavy atom. The lowest BCUT2D eigenvalue weighted by Crippen LogP contribution is -2.42. The smallest absolute Gasteiger partial charge is 0.191 e. The minimum Gasteiger partial charge on any atom is -0.357 e. The molecule has 2 aliphatic heterocycles. The second-order valence-corrected chi connectivity index (χ2v) is 7.95. The molecular formula is C22H38N6. The first-order chi connectivity index (χ1) is 13.8. The van der Waals surface area contributed by atoms with Crippen molar-refractivity contribution in [1.82, 2.24) is 20.5 Å². The van der Waals surface area contributed by atoms with Gasteiger partial charge >= 0.3 is 0 Å². The summed E-state index contributed by atoms with van der Waals surface area (Å²) >= 11 is 0. The van der Waals surface area contributed by atoms with Crippen LogP contribution in [0.25, 0.3) is 0 Å². The third-order valence-electron chi connectivity index (χ3n) is 5.67. The molecule has 0 spiro atoms. The molecule has 0 unspecified atom stereocenters. The largest absolute Gasteiger partial charge is 0.357 e. The number of aromatic nitrogens is 1. The van der Waals surface area contributed by atoms with E-state index in [0.29, 0.717) is 6.54 Å². The van der Waals surface area contributed by atoms with Crippen LogP contribution < -0.4 is 15.5 Å². The number of pyridine rings is 1. The first-order valence-electron chi connectivity index (χ1n) is 11.3. The molecule has 0 aliphatic carbocycles. The van der Waals surface area contributed by atoms with Crippen LogP contribution in [0.3, 0.4) is 0 Å². The molecule has 1 aromatic rings. The number of hydrogen-bond acceptors (Lipinski definition) is 4. The van der Waals surface area contributed by atoms with Gasteiger partial charge in [-0.05, 0) is 63.4 Å². The highest BCUT2D eigenvalue weighted by atomic mass is 15.2. The third kappa shape index (κ3) is 6.97. The minimum atomic E-state index is 0.683. The fourth-order valence-electron chi connectivity index (χ4n) is 4.06. The number of nitrogens with one attached hydrogen (secondary N) is 2. The Bertz CT molecular complexity index is 588. The lowest BCUT2D eigenvalue weighted by molar-refractivity contribution is 0.232. The molecule has 2 fully saturated rings. The van der Waals surface area contributed by atoms with Crippen LogP contribution in [0.1, 0.15) is 57.4 Å². The van der Waals surface area contributed by atoms with E-state index in [2.05, 4.69) is 44.5 Å². The van der Waals surface area contributed by atoms with E-state index in [0.717, 1.165) is 44.5 Å². The van der Waals surface area contributed by atoms with E-state index in [4.69, 9.17) is 4.99 Å². The minimum absolute atomic E-state index is 0.683. The first-order valence-corrected chi connectivity index (χ1v) is 11.3. The van der Waals surface area contributed by atoms with Crippen LogP contribution in [0.15, 0.2) is 23.3 Å². The summed E-state index contributed by atoms with van der Waals surface area (Å²) in [6.45, 7) is 10.5. The molecule has 2 N–H and O–H groups in total. The second kappa shape index (κ2) is 11.9. The molecule has 0 aromatic carbocycles. The molecule has 156 valence electrons. The van der Waals surface area contributed by atoms with Gasteiger partial charge in [-0.25, -0.2) is 9.98 Å². The third-order valence-corrected chi connectivity index (χ3v) is 5.67. The monoisotopic (exact) mass is 386 g/mol. The highest BCUT2D eigenvalue weighted by Crippen LogP contribution is 2.18. The number of aliphatic imine (C=N–C) groups is 1. The Labute approximate surface area is 170 Å². The summed E-state index contributed by atoms with van der Waals surface area (Å²) in [7, 11) is 0. The molecule has 6 nitrogen and oxygen atoms in total. The van der Waals surface area contributed by atoms with E-state index >= 15 is 0 Å². The van der Waals surface area contributed by atoms with Gasteiger partial charge < -0.3 is 20.4 Å². The molecule has 6 heteroatoms. The lowest BCUT2D eigenvalue weighted by atomic mass is 10.1. The van der Waals surface area contributed by atoms with Crippen molar-refractivity contribution >= 4 is 11.8 Å². The molecule has 2 saturated heterocycles. The second-order valence-electron chi connectivity index (χ2n) is 7.95. The highest BCUT2D eigenvalue weighted by Gasteiger charge is 2.12. The van der Waals surface area contributed by atoms with Crippen LogP contribution in [0.5, 0.6) is 0 Å². The van der Waals surface area contributed by atoms with Crippen LogP contribution >= 0.6 is 0 Å². The van der Waals surface area contributed by atoms with E-state index in [1.807, 2.05) is 6.20 Å². The van der Waals surface area contributed by atoms with Crippen molar-refractivity contribution in [3.63, 3.8) is 0 Å². The number of nitrogens with zero attached hydrogens (tertiary/aromatic N) is 4. The Hall–Kier alpha value is -1.82. The summed E-state index contributed by atoms with van der Waals surface area (Å²) in [5.41, 5.74) is 1.22. The van der Waals surface area contributed by atoms with Crippen molar-refractivity contribution < 1.29 is 0 Å². The van der Waals surface area contributed by atoms with Crippen LogP contribution in [0, 0.1) is 0 Å². The van der Waals surface area contributed by atoms with Gasteiger partial charge in [0.2, 0.25) is 0 Å². The van der Waals surface area contributed by atoms with Gasteiger partial charge in [-0.2, -0.15) is 0 Å². The van der Waals surface area contributed by atoms with Crippen molar-refractivity contribution in [3.8, 4) is 0 Å². The SMILES string of the molecule is CCNC(=NCc1ccnc(N2CCCCCC2)c1)NCCN1CCCCC1. The molecule has 0 radical (unpaired) electrons. The molecule has 0 amide bonds. The molecule has 0 saturated carbocycles. The normalized spacial score (nSPS) is 19.3.